The largest absolute Gasteiger partial charge is 0.380 e. The van der Waals surface area contributed by atoms with Gasteiger partial charge in [-0.05, 0) is 29.8 Å². The molecule has 22 heavy (non-hydrogen) atoms. The molecule has 2 rings (SSSR count). The minimum atomic E-state index is -0.627. The first-order valence-corrected chi connectivity index (χ1v) is 6.72. The Morgan fingerprint density at radius 2 is 2.09 bits per heavy atom. The number of methoxy groups -OCH3 is 1. The summed E-state index contributed by atoms with van der Waals surface area (Å²) in [5, 5.41) is 13.5. The van der Waals surface area contributed by atoms with Crippen LogP contribution in [0.2, 0.25) is 5.02 Å². The van der Waals surface area contributed by atoms with E-state index < -0.39 is 10.8 Å². The molecule has 0 fully saturated rings. The highest BCUT2D eigenvalue weighted by molar-refractivity contribution is 6.32. The Hall–Kier alpha value is -2.44. The molecule has 0 spiro atoms. The SMILES string of the molecule is COCc1cccc(NC(=O)c2ccc(Cl)c([N+](=O)[O-])c2)c1. The van der Waals surface area contributed by atoms with Crippen LogP contribution in [0.5, 0.6) is 0 Å². The molecule has 1 N–H and O–H groups in total. The van der Waals surface area contributed by atoms with Crippen molar-refractivity contribution in [3.8, 4) is 0 Å². The Kier molecular flexibility index (Phi) is 5.08. The Bertz CT molecular complexity index is 718. The summed E-state index contributed by atoms with van der Waals surface area (Å²) >= 11 is 5.72. The van der Waals surface area contributed by atoms with Gasteiger partial charge in [-0.25, -0.2) is 0 Å². The first-order chi connectivity index (χ1) is 10.5. The lowest BCUT2D eigenvalue weighted by atomic mass is 10.1. The molecule has 6 nitrogen and oxygen atoms in total. The Morgan fingerprint density at radius 3 is 2.77 bits per heavy atom. The van der Waals surface area contributed by atoms with Crippen molar-refractivity contribution in [2.45, 2.75) is 6.61 Å². The van der Waals surface area contributed by atoms with E-state index in [4.69, 9.17) is 16.3 Å². The summed E-state index contributed by atoms with van der Waals surface area (Å²) in [5.74, 6) is -0.450. The number of rotatable bonds is 5. The fourth-order valence-corrected chi connectivity index (χ4v) is 2.09. The first-order valence-electron chi connectivity index (χ1n) is 6.34. The van der Waals surface area contributed by atoms with Gasteiger partial charge in [0.05, 0.1) is 11.5 Å². The molecule has 2 aromatic carbocycles. The minimum absolute atomic E-state index is 0.0105. The van der Waals surface area contributed by atoms with Crippen LogP contribution < -0.4 is 5.32 Å². The number of hydrogen-bond donors (Lipinski definition) is 1. The molecular formula is C15H13ClN2O4. The van der Waals surface area contributed by atoms with Gasteiger partial charge in [0.25, 0.3) is 11.6 Å². The van der Waals surface area contributed by atoms with Crippen molar-refractivity contribution >= 4 is 28.9 Å². The molecule has 0 saturated heterocycles. The van der Waals surface area contributed by atoms with E-state index in [2.05, 4.69) is 5.32 Å². The molecule has 0 radical (unpaired) electrons. The topological polar surface area (TPSA) is 81.5 Å². The van der Waals surface area contributed by atoms with Crippen molar-refractivity contribution in [2.24, 2.45) is 0 Å². The average Bonchev–Trinajstić information content (AvgIpc) is 2.48. The predicted molar refractivity (Wildman–Crippen MR) is 83.2 cm³/mol. The summed E-state index contributed by atoms with van der Waals surface area (Å²) in [6.45, 7) is 0.427. The van der Waals surface area contributed by atoms with Crippen LogP contribution in [0.1, 0.15) is 15.9 Å². The number of nitro benzene ring substituents is 1. The van der Waals surface area contributed by atoms with Gasteiger partial charge in [-0.2, -0.15) is 0 Å². The molecule has 1 amide bonds. The number of nitrogens with zero attached hydrogens (tertiary/aromatic N) is 1. The van der Waals surface area contributed by atoms with Gasteiger partial charge in [-0.15, -0.1) is 0 Å². The summed E-state index contributed by atoms with van der Waals surface area (Å²) in [5.41, 5.74) is 1.34. The van der Waals surface area contributed by atoms with Crippen molar-refractivity contribution in [1.29, 1.82) is 0 Å². The monoisotopic (exact) mass is 320 g/mol. The lowest BCUT2D eigenvalue weighted by Gasteiger charge is -2.07. The molecule has 0 atom stereocenters. The highest BCUT2D eigenvalue weighted by atomic mass is 35.5. The number of carbonyl (C=O) groups excluding carboxylic acids is 1. The zero-order valence-electron chi connectivity index (χ0n) is 11.7. The van der Waals surface area contributed by atoms with Crippen LogP contribution in [0.4, 0.5) is 11.4 Å². The minimum Gasteiger partial charge on any atom is -0.380 e. The summed E-state index contributed by atoms with van der Waals surface area (Å²) in [6.07, 6.45) is 0. The van der Waals surface area contributed by atoms with E-state index in [1.807, 2.05) is 6.07 Å². The number of nitro groups is 1. The smallest absolute Gasteiger partial charge is 0.288 e. The van der Waals surface area contributed by atoms with E-state index in [-0.39, 0.29) is 16.3 Å². The molecule has 0 heterocycles. The van der Waals surface area contributed by atoms with Crippen molar-refractivity contribution in [1.82, 2.24) is 0 Å². The van der Waals surface area contributed by atoms with Crippen LogP contribution >= 0.6 is 11.6 Å². The number of carbonyl (C=O) groups is 1. The van der Waals surface area contributed by atoms with Gasteiger partial charge in [0, 0.05) is 24.4 Å². The molecule has 7 heteroatoms. The quantitative estimate of drug-likeness (QED) is 0.673. The second-order valence-corrected chi connectivity index (χ2v) is 4.92. The zero-order valence-corrected chi connectivity index (χ0v) is 12.5. The van der Waals surface area contributed by atoms with Gasteiger partial charge in [-0.1, -0.05) is 23.7 Å². The van der Waals surface area contributed by atoms with Crippen molar-refractivity contribution in [3.63, 3.8) is 0 Å². The van der Waals surface area contributed by atoms with E-state index in [1.54, 1.807) is 25.3 Å². The Labute approximate surface area is 131 Å². The predicted octanol–water partition coefficient (Wildman–Crippen LogP) is 3.65. The number of anilines is 1. The van der Waals surface area contributed by atoms with Gasteiger partial charge >= 0.3 is 0 Å². The molecule has 0 aromatic heterocycles. The second-order valence-electron chi connectivity index (χ2n) is 4.51. The van der Waals surface area contributed by atoms with Crippen molar-refractivity contribution in [2.75, 3.05) is 12.4 Å². The van der Waals surface area contributed by atoms with E-state index in [1.165, 1.54) is 12.1 Å². The van der Waals surface area contributed by atoms with E-state index in [0.717, 1.165) is 11.6 Å². The third-order valence-corrected chi connectivity index (χ3v) is 3.22. The molecule has 0 unspecified atom stereocenters. The molecule has 114 valence electrons. The highest BCUT2D eigenvalue weighted by Gasteiger charge is 2.16. The Balaban J connectivity index is 2.20. The van der Waals surface area contributed by atoms with Crippen LogP contribution in [0.25, 0.3) is 0 Å². The van der Waals surface area contributed by atoms with Gasteiger partial charge in [0.15, 0.2) is 0 Å². The lowest BCUT2D eigenvalue weighted by Crippen LogP contribution is -2.12. The Morgan fingerprint density at radius 1 is 1.32 bits per heavy atom. The molecular weight excluding hydrogens is 308 g/mol. The van der Waals surface area contributed by atoms with Gasteiger partial charge < -0.3 is 10.1 Å². The normalized spacial score (nSPS) is 10.3. The van der Waals surface area contributed by atoms with E-state index in [0.29, 0.717) is 12.3 Å². The van der Waals surface area contributed by atoms with Crippen LogP contribution in [-0.4, -0.2) is 17.9 Å². The molecule has 0 saturated carbocycles. The lowest BCUT2D eigenvalue weighted by molar-refractivity contribution is -0.384. The standard InChI is InChI=1S/C15H13ClN2O4/c1-22-9-10-3-2-4-12(7-10)17-15(19)11-5-6-13(16)14(8-11)18(20)21/h2-8H,9H2,1H3,(H,17,19). The van der Waals surface area contributed by atoms with E-state index >= 15 is 0 Å². The number of amides is 1. The number of nitrogens with one attached hydrogen (secondary N) is 1. The summed E-state index contributed by atoms with van der Waals surface area (Å²) < 4.78 is 5.03. The fraction of sp³-hybridized carbons (Fsp3) is 0.133. The van der Waals surface area contributed by atoms with Crippen LogP contribution in [0, 0.1) is 10.1 Å². The van der Waals surface area contributed by atoms with Crippen LogP contribution in [-0.2, 0) is 11.3 Å². The second kappa shape index (κ2) is 7.02. The zero-order chi connectivity index (χ0) is 16.1. The average molecular weight is 321 g/mol. The molecule has 0 aliphatic heterocycles. The molecule has 0 bridgehead atoms. The number of ether oxygens (including phenoxy) is 1. The van der Waals surface area contributed by atoms with E-state index in [9.17, 15) is 14.9 Å². The maximum Gasteiger partial charge on any atom is 0.288 e. The van der Waals surface area contributed by atoms with Gasteiger partial charge in [0.2, 0.25) is 0 Å². The fourth-order valence-electron chi connectivity index (χ4n) is 1.90. The number of benzene rings is 2. The first kappa shape index (κ1) is 15.9. The third-order valence-electron chi connectivity index (χ3n) is 2.90. The van der Waals surface area contributed by atoms with Crippen LogP contribution in [0.15, 0.2) is 42.5 Å². The maximum absolute atomic E-state index is 12.2. The third kappa shape index (κ3) is 3.81. The van der Waals surface area contributed by atoms with Crippen molar-refractivity contribution in [3.05, 3.63) is 68.7 Å². The number of hydrogen-bond acceptors (Lipinski definition) is 4. The van der Waals surface area contributed by atoms with Gasteiger partial charge in [-0.3, -0.25) is 14.9 Å². The molecule has 2 aromatic rings. The molecule has 0 aliphatic carbocycles. The van der Waals surface area contributed by atoms with Gasteiger partial charge in [0.1, 0.15) is 5.02 Å². The van der Waals surface area contributed by atoms with Crippen molar-refractivity contribution < 1.29 is 14.5 Å². The summed E-state index contributed by atoms with van der Waals surface area (Å²) in [6, 6.07) is 11.1. The van der Waals surface area contributed by atoms with Crippen LogP contribution in [0.3, 0.4) is 0 Å². The number of halogens is 1. The maximum atomic E-state index is 12.2. The summed E-state index contributed by atoms with van der Waals surface area (Å²) in [7, 11) is 1.58. The highest BCUT2D eigenvalue weighted by Crippen LogP contribution is 2.25. The summed E-state index contributed by atoms with van der Waals surface area (Å²) in [4.78, 5) is 22.4. The molecule has 0 aliphatic rings.